The van der Waals surface area contributed by atoms with Crippen LogP contribution in [0.4, 0.5) is 26.3 Å². The summed E-state index contributed by atoms with van der Waals surface area (Å²) in [5, 5.41) is 9.30. The van der Waals surface area contributed by atoms with Crippen LogP contribution in [0.5, 0.6) is 5.75 Å². The van der Waals surface area contributed by atoms with E-state index in [4.69, 9.17) is 16.3 Å². The van der Waals surface area contributed by atoms with Gasteiger partial charge in [-0.05, 0) is 48.2 Å². The van der Waals surface area contributed by atoms with Crippen molar-refractivity contribution in [2.75, 3.05) is 6.61 Å². The van der Waals surface area contributed by atoms with Crippen molar-refractivity contribution in [3.05, 3.63) is 52.5 Å². The lowest BCUT2D eigenvalue weighted by atomic mass is 9.92. The van der Waals surface area contributed by atoms with E-state index in [1.165, 1.54) is 6.07 Å². The normalized spacial score (nSPS) is 15.8. The van der Waals surface area contributed by atoms with Crippen molar-refractivity contribution in [2.24, 2.45) is 0 Å². The molecule has 0 saturated heterocycles. The number of carbonyl (C=O) groups is 1. The highest BCUT2D eigenvalue weighted by molar-refractivity contribution is 6.33. The van der Waals surface area contributed by atoms with E-state index >= 15 is 0 Å². The third kappa shape index (κ3) is 4.44. The quantitative estimate of drug-likeness (QED) is 0.575. The molecule has 0 heterocycles. The summed E-state index contributed by atoms with van der Waals surface area (Å²) in [5.41, 5.74) is -1.95. The Morgan fingerprint density at radius 2 is 1.66 bits per heavy atom. The maximum atomic E-state index is 12.8. The molecule has 3 rings (SSSR count). The van der Waals surface area contributed by atoms with Gasteiger partial charge in [0.15, 0.2) is 6.61 Å². The number of ether oxygens (including phenoxy) is 1. The molecule has 0 spiro atoms. The molecule has 1 aliphatic rings. The minimum atomic E-state index is -4.68. The minimum absolute atomic E-state index is 0.0467. The second-order valence-electron chi connectivity index (χ2n) is 6.70. The number of aliphatic carboxylic acids is 1. The summed E-state index contributed by atoms with van der Waals surface area (Å²) in [6.07, 6.45) is -8.68. The second kappa shape index (κ2) is 7.12. The molecule has 10 heteroatoms. The number of hydrogen-bond acceptors (Lipinski definition) is 2. The van der Waals surface area contributed by atoms with E-state index in [-0.39, 0.29) is 40.3 Å². The van der Waals surface area contributed by atoms with E-state index in [0.717, 1.165) is 30.3 Å². The Balaban J connectivity index is 2.08. The molecule has 2 aromatic carbocycles. The lowest BCUT2D eigenvalue weighted by Crippen LogP contribution is -2.21. The van der Waals surface area contributed by atoms with Gasteiger partial charge in [-0.2, -0.15) is 26.3 Å². The number of rotatable bonds is 5. The number of halogens is 7. The van der Waals surface area contributed by atoms with Crippen LogP contribution < -0.4 is 4.74 Å². The lowest BCUT2D eigenvalue weighted by molar-refractivity contribution is -0.153. The summed E-state index contributed by atoms with van der Waals surface area (Å²) < 4.78 is 81.1. The second-order valence-corrected chi connectivity index (χ2v) is 7.10. The Morgan fingerprint density at radius 1 is 1.07 bits per heavy atom. The van der Waals surface area contributed by atoms with E-state index in [9.17, 15) is 36.2 Å². The number of benzene rings is 2. The van der Waals surface area contributed by atoms with Crippen LogP contribution in [-0.2, 0) is 16.4 Å². The van der Waals surface area contributed by atoms with Crippen LogP contribution in [0.15, 0.2) is 36.4 Å². The van der Waals surface area contributed by atoms with Crippen molar-refractivity contribution in [1.29, 1.82) is 0 Å². The fourth-order valence-corrected chi connectivity index (χ4v) is 3.31. The highest BCUT2D eigenvalue weighted by Gasteiger charge is 2.52. The summed E-state index contributed by atoms with van der Waals surface area (Å²) in [6.45, 7) is -1.67. The predicted molar refractivity (Wildman–Crippen MR) is 92.0 cm³/mol. The van der Waals surface area contributed by atoms with Crippen LogP contribution in [-0.4, -0.2) is 23.9 Å². The summed E-state index contributed by atoms with van der Waals surface area (Å²) >= 11 is 6.21. The molecular weight excluding hydrogens is 426 g/mol. The zero-order valence-corrected chi connectivity index (χ0v) is 15.3. The molecule has 2 aromatic rings. The molecule has 0 atom stereocenters. The highest BCUT2D eigenvalue weighted by Crippen LogP contribution is 2.51. The maximum Gasteiger partial charge on any atom is 0.422 e. The van der Waals surface area contributed by atoms with E-state index in [1.54, 1.807) is 0 Å². The van der Waals surface area contributed by atoms with E-state index in [0.29, 0.717) is 0 Å². The Kier molecular flexibility index (Phi) is 5.23. The van der Waals surface area contributed by atoms with Crippen molar-refractivity contribution < 1.29 is 41.0 Å². The zero-order chi connectivity index (χ0) is 21.6. The first-order valence-electron chi connectivity index (χ1n) is 8.28. The van der Waals surface area contributed by atoms with Crippen LogP contribution in [0.25, 0.3) is 11.1 Å². The summed E-state index contributed by atoms with van der Waals surface area (Å²) in [6, 6.07) is 6.13. The molecule has 29 heavy (non-hydrogen) atoms. The van der Waals surface area contributed by atoms with Gasteiger partial charge >= 0.3 is 18.3 Å². The SMILES string of the molecule is O=C(O)C1(c2cc(Cl)c(-c3ccc(C(F)(F)F)cc3)c(OCC(F)(F)F)c2)CC1. The summed E-state index contributed by atoms with van der Waals surface area (Å²) in [5.74, 6) is -1.49. The summed E-state index contributed by atoms with van der Waals surface area (Å²) in [4.78, 5) is 11.5. The first-order chi connectivity index (χ1) is 13.3. The van der Waals surface area contributed by atoms with Crippen LogP contribution in [0.1, 0.15) is 24.0 Å². The van der Waals surface area contributed by atoms with Gasteiger partial charge in [-0.1, -0.05) is 23.7 Å². The molecule has 0 unspecified atom stereocenters. The first kappa shape index (κ1) is 21.3. The molecule has 1 aliphatic carbocycles. The Bertz CT molecular complexity index is 931. The third-order valence-corrected chi connectivity index (χ3v) is 4.96. The van der Waals surface area contributed by atoms with E-state index in [2.05, 4.69) is 0 Å². The average Bonchev–Trinajstić information content (AvgIpc) is 3.40. The first-order valence-corrected chi connectivity index (χ1v) is 8.66. The summed E-state index contributed by atoms with van der Waals surface area (Å²) in [7, 11) is 0. The van der Waals surface area contributed by atoms with Crippen LogP contribution in [0, 0.1) is 0 Å². The Morgan fingerprint density at radius 3 is 2.10 bits per heavy atom. The molecule has 0 radical (unpaired) electrons. The van der Waals surface area contributed by atoms with Gasteiger partial charge in [0.2, 0.25) is 0 Å². The van der Waals surface area contributed by atoms with Gasteiger partial charge in [-0.3, -0.25) is 4.79 Å². The fourth-order valence-electron chi connectivity index (χ4n) is 2.99. The number of hydrogen-bond donors (Lipinski definition) is 1. The van der Waals surface area contributed by atoms with Gasteiger partial charge in [-0.25, -0.2) is 0 Å². The van der Waals surface area contributed by atoms with Crippen molar-refractivity contribution in [1.82, 2.24) is 0 Å². The van der Waals surface area contributed by atoms with Crippen molar-refractivity contribution in [3.8, 4) is 16.9 Å². The van der Waals surface area contributed by atoms with Gasteiger partial charge in [-0.15, -0.1) is 0 Å². The largest absolute Gasteiger partial charge is 0.483 e. The lowest BCUT2D eigenvalue weighted by Gasteiger charge is -2.19. The monoisotopic (exact) mass is 438 g/mol. The Labute approximate surface area is 165 Å². The van der Waals surface area contributed by atoms with Crippen LogP contribution in [0.3, 0.4) is 0 Å². The van der Waals surface area contributed by atoms with Gasteiger partial charge < -0.3 is 9.84 Å². The molecule has 0 bridgehead atoms. The topological polar surface area (TPSA) is 46.5 Å². The minimum Gasteiger partial charge on any atom is -0.483 e. The molecule has 3 nitrogen and oxygen atoms in total. The molecule has 0 aliphatic heterocycles. The van der Waals surface area contributed by atoms with Crippen LogP contribution >= 0.6 is 11.6 Å². The van der Waals surface area contributed by atoms with Crippen molar-refractivity contribution in [2.45, 2.75) is 30.6 Å². The van der Waals surface area contributed by atoms with Gasteiger partial charge in [0.25, 0.3) is 0 Å². The highest BCUT2D eigenvalue weighted by atomic mass is 35.5. The molecule has 1 N–H and O–H groups in total. The standard InChI is InChI=1S/C19H13ClF6O3/c20-13-7-12(17(5-6-17)16(27)28)8-14(29-9-18(21,22)23)15(13)10-1-3-11(4-2-10)19(24,25)26/h1-4,7-8H,5-6,9H2,(H,27,28). The van der Waals surface area contributed by atoms with Crippen molar-refractivity contribution in [3.63, 3.8) is 0 Å². The third-order valence-electron chi connectivity index (χ3n) is 4.66. The van der Waals surface area contributed by atoms with E-state index < -0.39 is 35.9 Å². The van der Waals surface area contributed by atoms with E-state index in [1.807, 2.05) is 0 Å². The smallest absolute Gasteiger partial charge is 0.422 e. The fraction of sp³-hybridized carbons (Fsp3) is 0.316. The predicted octanol–water partition coefficient (Wildman–Crippen LogP) is 6.08. The average molecular weight is 439 g/mol. The van der Waals surface area contributed by atoms with Crippen LogP contribution in [0.2, 0.25) is 5.02 Å². The number of carboxylic acids is 1. The van der Waals surface area contributed by atoms with Gasteiger partial charge in [0, 0.05) is 5.56 Å². The molecule has 1 fully saturated rings. The van der Waals surface area contributed by atoms with Gasteiger partial charge in [0.1, 0.15) is 5.75 Å². The molecule has 1 saturated carbocycles. The molecule has 0 amide bonds. The molecule has 0 aromatic heterocycles. The number of carboxylic acid groups (broad SMARTS) is 1. The Hall–Kier alpha value is -2.42. The maximum absolute atomic E-state index is 12.8. The van der Waals surface area contributed by atoms with Gasteiger partial charge in [0.05, 0.1) is 16.0 Å². The molecular formula is C19H13ClF6O3. The molecule has 156 valence electrons. The number of alkyl halides is 6. The van der Waals surface area contributed by atoms with Crippen molar-refractivity contribution >= 4 is 17.6 Å². The zero-order valence-electron chi connectivity index (χ0n) is 14.5.